The maximum absolute atomic E-state index is 13.6. The van der Waals surface area contributed by atoms with Crippen LogP contribution >= 0.6 is 12.4 Å². The van der Waals surface area contributed by atoms with Gasteiger partial charge in [0.25, 0.3) is 0 Å². The molecule has 152 valence electrons. The highest BCUT2D eigenvalue weighted by Gasteiger charge is 2.28. The average molecular weight is 411 g/mol. The molecule has 2 aromatic rings. The van der Waals surface area contributed by atoms with E-state index < -0.39 is 11.6 Å². The number of nitrogens with one attached hydrogen (secondary N) is 2. The van der Waals surface area contributed by atoms with Gasteiger partial charge in [0.2, 0.25) is 5.91 Å². The predicted molar refractivity (Wildman–Crippen MR) is 107 cm³/mol. The Labute approximate surface area is 170 Å². The molecule has 2 unspecified atom stereocenters. The summed E-state index contributed by atoms with van der Waals surface area (Å²) in [5, 5.41) is 6.29. The second kappa shape index (κ2) is 10.4. The lowest BCUT2D eigenvalue weighted by Crippen LogP contribution is -2.50. The Morgan fingerprint density at radius 3 is 2.61 bits per heavy atom. The fourth-order valence-electron chi connectivity index (χ4n) is 3.47. The standard InChI is InChI=1S/C21H24F2N2O2.ClH/c1-2-27-16-6-3-14(4-7-16)11-21(26)25-20-13-24-10-9-17(20)15-5-8-18(22)19(23)12-15;/h3-8,12,17,20,24H,2,9-11,13H2,1H3,(H,25,26);1H. The molecular formula is C21H25ClF2N2O2. The van der Waals surface area contributed by atoms with Crippen LogP contribution < -0.4 is 15.4 Å². The quantitative estimate of drug-likeness (QED) is 0.765. The molecule has 0 radical (unpaired) electrons. The van der Waals surface area contributed by atoms with Crippen molar-refractivity contribution in [3.8, 4) is 5.75 Å². The van der Waals surface area contributed by atoms with Gasteiger partial charge < -0.3 is 15.4 Å². The maximum Gasteiger partial charge on any atom is 0.224 e. The summed E-state index contributed by atoms with van der Waals surface area (Å²) in [6.45, 7) is 3.89. The molecule has 0 aliphatic carbocycles. The summed E-state index contributed by atoms with van der Waals surface area (Å²) in [4.78, 5) is 12.5. The average Bonchev–Trinajstić information content (AvgIpc) is 2.66. The topological polar surface area (TPSA) is 50.4 Å². The molecule has 0 bridgehead atoms. The van der Waals surface area contributed by atoms with Crippen LogP contribution in [0.2, 0.25) is 0 Å². The summed E-state index contributed by atoms with van der Waals surface area (Å²) in [5.41, 5.74) is 1.60. The molecule has 3 rings (SSSR count). The molecule has 1 amide bonds. The van der Waals surface area contributed by atoms with Crippen molar-refractivity contribution in [3.63, 3.8) is 0 Å². The molecule has 28 heavy (non-hydrogen) atoms. The monoisotopic (exact) mass is 410 g/mol. The molecule has 0 spiro atoms. The third kappa shape index (κ3) is 5.66. The molecule has 1 fully saturated rings. The van der Waals surface area contributed by atoms with Crippen molar-refractivity contribution in [2.75, 3.05) is 19.7 Å². The number of benzene rings is 2. The highest BCUT2D eigenvalue weighted by atomic mass is 35.5. The Balaban J connectivity index is 0.00000280. The van der Waals surface area contributed by atoms with E-state index >= 15 is 0 Å². The number of carbonyl (C=O) groups is 1. The van der Waals surface area contributed by atoms with Gasteiger partial charge in [0.1, 0.15) is 5.75 Å². The molecular weight excluding hydrogens is 386 g/mol. The van der Waals surface area contributed by atoms with Crippen LogP contribution in [0.1, 0.15) is 30.4 Å². The van der Waals surface area contributed by atoms with Crippen LogP contribution in [0.4, 0.5) is 8.78 Å². The van der Waals surface area contributed by atoms with Crippen molar-refractivity contribution in [3.05, 3.63) is 65.2 Å². The van der Waals surface area contributed by atoms with Crippen LogP contribution in [0, 0.1) is 11.6 Å². The lowest BCUT2D eigenvalue weighted by atomic mass is 9.86. The molecule has 0 saturated carbocycles. The van der Waals surface area contributed by atoms with E-state index in [9.17, 15) is 13.6 Å². The molecule has 4 nitrogen and oxygen atoms in total. The first kappa shape index (κ1) is 22.1. The number of amides is 1. The molecule has 1 heterocycles. The summed E-state index contributed by atoms with van der Waals surface area (Å²) in [6.07, 6.45) is 1.01. The minimum Gasteiger partial charge on any atom is -0.494 e. The summed E-state index contributed by atoms with van der Waals surface area (Å²) < 4.78 is 32.2. The SMILES string of the molecule is CCOc1ccc(CC(=O)NC2CNCCC2c2ccc(F)c(F)c2)cc1.Cl. The van der Waals surface area contributed by atoms with Gasteiger partial charge in [0, 0.05) is 18.5 Å². The zero-order valence-electron chi connectivity index (χ0n) is 15.7. The van der Waals surface area contributed by atoms with E-state index in [4.69, 9.17) is 4.74 Å². The number of hydrogen-bond acceptors (Lipinski definition) is 3. The number of carbonyl (C=O) groups excluding carboxylic acids is 1. The molecule has 2 atom stereocenters. The van der Waals surface area contributed by atoms with Crippen LogP contribution in [0.5, 0.6) is 5.75 Å². The van der Waals surface area contributed by atoms with Crippen LogP contribution in [0.15, 0.2) is 42.5 Å². The number of ether oxygens (including phenoxy) is 1. The first-order valence-electron chi connectivity index (χ1n) is 9.23. The molecule has 2 N–H and O–H groups in total. The Kier molecular flexibility index (Phi) is 8.20. The smallest absolute Gasteiger partial charge is 0.224 e. The van der Waals surface area contributed by atoms with E-state index in [1.807, 2.05) is 31.2 Å². The highest BCUT2D eigenvalue weighted by Crippen LogP contribution is 2.27. The zero-order chi connectivity index (χ0) is 19.2. The van der Waals surface area contributed by atoms with E-state index in [0.29, 0.717) is 18.7 Å². The van der Waals surface area contributed by atoms with Gasteiger partial charge in [-0.1, -0.05) is 18.2 Å². The van der Waals surface area contributed by atoms with Crippen molar-refractivity contribution in [2.45, 2.75) is 31.7 Å². The summed E-state index contributed by atoms with van der Waals surface area (Å²) in [7, 11) is 0. The molecule has 2 aromatic carbocycles. The number of rotatable bonds is 6. The van der Waals surface area contributed by atoms with E-state index in [2.05, 4.69) is 10.6 Å². The first-order chi connectivity index (χ1) is 13.1. The van der Waals surface area contributed by atoms with Crippen molar-refractivity contribution >= 4 is 18.3 Å². The van der Waals surface area contributed by atoms with Crippen LogP contribution in [-0.4, -0.2) is 31.6 Å². The zero-order valence-corrected chi connectivity index (χ0v) is 16.5. The Bertz CT molecular complexity index is 786. The van der Waals surface area contributed by atoms with Gasteiger partial charge in [0.05, 0.1) is 13.0 Å². The first-order valence-corrected chi connectivity index (χ1v) is 9.23. The number of hydrogen-bond donors (Lipinski definition) is 2. The molecule has 1 aliphatic heterocycles. The molecule has 0 aromatic heterocycles. The second-order valence-electron chi connectivity index (χ2n) is 6.70. The lowest BCUT2D eigenvalue weighted by Gasteiger charge is -2.33. The van der Waals surface area contributed by atoms with E-state index in [0.717, 1.165) is 30.3 Å². The van der Waals surface area contributed by atoms with Crippen LogP contribution in [-0.2, 0) is 11.2 Å². The largest absolute Gasteiger partial charge is 0.494 e. The van der Waals surface area contributed by atoms with Gasteiger partial charge in [-0.15, -0.1) is 12.4 Å². The van der Waals surface area contributed by atoms with Crippen LogP contribution in [0.25, 0.3) is 0 Å². The summed E-state index contributed by atoms with van der Waals surface area (Å²) in [6, 6.07) is 11.2. The molecule has 7 heteroatoms. The van der Waals surface area contributed by atoms with Gasteiger partial charge in [-0.2, -0.15) is 0 Å². The second-order valence-corrected chi connectivity index (χ2v) is 6.70. The summed E-state index contributed by atoms with van der Waals surface area (Å²) >= 11 is 0. The third-order valence-electron chi connectivity index (χ3n) is 4.80. The van der Waals surface area contributed by atoms with Crippen LogP contribution in [0.3, 0.4) is 0 Å². The Morgan fingerprint density at radius 1 is 1.18 bits per heavy atom. The number of piperidine rings is 1. The number of halogens is 3. The van der Waals surface area contributed by atoms with Crippen molar-refractivity contribution < 1.29 is 18.3 Å². The summed E-state index contributed by atoms with van der Waals surface area (Å²) in [5.74, 6) is -1.09. The van der Waals surface area contributed by atoms with Crippen molar-refractivity contribution in [1.29, 1.82) is 0 Å². The molecule has 1 aliphatic rings. The van der Waals surface area contributed by atoms with Gasteiger partial charge in [-0.05, 0) is 55.3 Å². The predicted octanol–water partition coefficient (Wildman–Crippen LogP) is 3.59. The van der Waals surface area contributed by atoms with E-state index in [1.54, 1.807) is 6.07 Å². The fraction of sp³-hybridized carbons (Fsp3) is 0.381. The van der Waals surface area contributed by atoms with Gasteiger partial charge in [0.15, 0.2) is 11.6 Å². The Hall–Kier alpha value is -2.18. The van der Waals surface area contributed by atoms with Crippen molar-refractivity contribution in [2.24, 2.45) is 0 Å². The lowest BCUT2D eigenvalue weighted by molar-refractivity contribution is -0.121. The maximum atomic E-state index is 13.6. The van der Waals surface area contributed by atoms with Crippen molar-refractivity contribution in [1.82, 2.24) is 10.6 Å². The highest BCUT2D eigenvalue weighted by molar-refractivity contribution is 5.85. The van der Waals surface area contributed by atoms with Gasteiger partial charge in [-0.3, -0.25) is 4.79 Å². The normalized spacial score (nSPS) is 18.8. The van der Waals surface area contributed by atoms with E-state index in [-0.39, 0.29) is 36.7 Å². The van der Waals surface area contributed by atoms with E-state index in [1.165, 1.54) is 6.07 Å². The van der Waals surface area contributed by atoms with Gasteiger partial charge >= 0.3 is 0 Å². The van der Waals surface area contributed by atoms with Gasteiger partial charge in [-0.25, -0.2) is 8.78 Å². The Morgan fingerprint density at radius 2 is 1.93 bits per heavy atom. The third-order valence-corrected chi connectivity index (χ3v) is 4.80. The fourth-order valence-corrected chi connectivity index (χ4v) is 3.47. The molecule has 1 saturated heterocycles. The minimum atomic E-state index is -0.858. The minimum absolute atomic E-state index is 0.